The molecule has 1 atom stereocenters. The number of hydrogen-bond donors (Lipinski definition) is 0. The number of ether oxygens (including phenoxy) is 1. The van der Waals surface area contributed by atoms with Crippen molar-refractivity contribution in [2.75, 3.05) is 13.2 Å². The van der Waals surface area contributed by atoms with E-state index < -0.39 is 0 Å². The van der Waals surface area contributed by atoms with Gasteiger partial charge in [0.1, 0.15) is 0 Å². The maximum absolute atomic E-state index is 11.5. The van der Waals surface area contributed by atoms with Gasteiger partial charge in [-0.15, -0.1) is 0 Å². The highest BCUT2D eigenvalue weighted by atomic mass is 16.5. The lowest BCUT2D eigenvalue weighted by Crippen LogP contribution is -2.40. The van der Waals surface area contributed by atoms with Crippen LogP contribution in [-0.2, 0) is 14.3 Å². The summed E-state index contributed by atoms with van der Waals surface area (Å²) in [7, 11) is 0. The number of imide groups is 1. The zero-order valence-electron chi connectivity index (χ0n) is 7.45. The lowest BCUT2D eigenvalue weighted by atomic mass is 10.2. The summed E-state index contributed by atoms with van der Waals surface area (Å²) in [6.07, 6.45) is 2.15. The summed E-state index contributed by atoms with van der Waals surface area (Å²) in [4.78, 5) is 24.1. The largest absolute Gasteiger partial charge is 0.379 e. The van der Waals surface area contributed by atoms with Gasteiger partial charge in [-0.2, -0.15) is 0 Å². The van der Waals surface area contributed by atoms with Crippen LogP contribution in [0.5, 0.6) is 0 Å². The molecule has 0 spiro atoms. The second-order valence-corrected chi connectivity index (χ2v) is 3.36. The number of amides is 2. The first-order valence-corrected chi connectivity index (χ1v) is 4.33. The van der Waals surface area contributed by atoms with E-state index in [1.807, 2.05) is 0 Å². The summed E-state index contributed by atoms with van der Waals surface area (Å²) in [5.74, 6) is -0.362. The highest BCUT2D eigenvalue weighted by Gasteiger charge is 2.36. The van der Waals surface area contributed by atoms with E-state index in [1.165, 1.54) is 11.0 Å². The van der Waals surface area contributed by atoms with Crippen molar-refractivity contribution in [1.82, 2.24) is 4.90 Å². The molecule has 2 rings (SSSR count). The van der Waals surface area contributed by atoms with Crippen molar-refractivity contribution in [3.63, 3.8) is 0 Å². The molecule has 0 aromatic rings. The molecule has 70 valence electrons. The molecule has 4 heteroatoms. The van der Waals surface area contributed by atoms with Gasteiger partial charge in [0.15, 0.2) is 0 Å². The molecule has 2 aliphatic heterocycles. The van der Waals surface area contributed by atoms with Gasteiger partial charge >= 0.3 is 0 Å². The van der Waals surface area contributed by atoms with E-state index in [2.05, 4.69) is 0 Å². The molecule has 2 amide bonds. The Kier molecular flexibility index (Phi) is 1.92. The fraction of sp³-hybridized carbons (Fsp3) is 0.556. The molecule has 2 aliphatic rings. The number of hydrogen-bond acceptors (Lipinski definition) is 3. The third kappa shape index (κ3) is 1.27. The highest BCUT2D eigenvalue weighted by molar-refractivity contribution is 6.16. The van der Waals surface area contributed by atoms with Gasteiger partial charge in [0, 0.05) is 18.3 Å². The SMILES string of the molecule is CC1=CC(=O)N(C2CCOC2)C1=O. The van der Waals surface area contributed by atoms with Gasteiger partial charge < -0.3 is 4.74 Å². The normalized spacial score (nSPS) is 28.5. The Morgan fingerprint density at radius 1 is 1.54 bits per heavy atom. The van der Waals surface area contributed by atoms with E-state index in [0.29, 0.717) is 18.8 Å². The van der Waals surface area contributed by atoms with Gasteiger partial charge in [-0.05, 0) is 13.3 Å². The zero-order chi connectivity index (χ0) is 9.42. The molecular weight excluding hydrogens is 170 g/mol. The maximum Gasteiger partial charge on any atom is 0.256 e. The fourth-order valence-electron chi connectivity index (χ4n) is 1.68. The molecule has 0 N–H and O–H groups in total. The van der Waals surface area contributed by atoms with E-state index in [-0.39, 0.29) is 17.9 Å². The Labute approximate surface area is 76.2 Å². The number of nitrogens with zero attached hydrogens (tertiary/aromatic N) is 1. The Balaban J connectivity index is 2.17. The molecule has 0 bridgehead atoms. The van der Waals surface area contributed by atoms with Crippen molar-refractivity contribution in [1.29, 1.82) is 0 Å². The minimum absolute atomic E-state index is 0.0475. The van der Waals surface area contributed by atoms with E-state index >= 15 is 0 Å². The second-order valence-electron chi connectivity index (χ2n) is 3.36. The Bertz CT molecular complexity index is 289. The van der Waals surface area contributed by atoms with Crippen LogP contribution in [0.3, 0.4) is 0 Å². The summed E-state index contributed by atoms with van der Waals surface area (Å²) >= 11 is 0. The van der Waals surface area contributed by atoms with Crippen LogP contribution in [0.4, 0.5) is 0 Å². The molecule has 0 aromatic heterocycles. The smallest absolute Gasteiger partial charge is 0.256 e. The van der Waals surface area contributed by atoms with E-state index in [9.17, 15) is 9.59 Å². The summed E-state index contributed by atoms with van der Waals surface area (Å²) in [6, 6.07) is -0.0475. The van der Waals surface area contributed by atoms with Gasteiger partial charge in [0.2, 0.25) is 0 Å². The first-order chi connectivity index (χ1) is 6.20. The second kappa shape index (κ2) is 2.96. The molecule has 0 saturated carbocycles. The standard InChI is InChI=1S/C9H11NO3/c1-6-4-8(11)10(9(6)12)7-2-3-13-5-7/h4,7H,2-3,5H2,1H3. The van der Waals surface area contributed by atoms with Crippen LogP contribution in [0.1, 0.15) is 13.3 Å². The molecule has 1 fully saturated rings. The van der Waals surface area contributed by atoms with Crippen LogP contribution in [0.2, 0.25) is 0 Å². The molecule has 4 nitrogen and oxygen atoms in total. The maximum atomic E-state index is 11.5. The number of rotatable bonds is 1. The molecule has 0 radical (unpaired) electrons. The van der Waals surface area contributed by atoms with Crippen LogP contribution in [-0.4, -0.2) is 36.0 Å². The molecule has 0 aromatic carbocycles. The monoisotopic (exact) mass is 181 g/mol. The Morgan fingerprint density at radius 3 is 2.77 bits per heavy atom. The van der Waals surface area contributed by atoms with Crippen molar-refractivity contribution < 1.29 is 14.3 Å². The quantitative estimate of drug-likeness (QED) is 0.538. The lowest BCUT2D eigenvalue weighted by Gasteiger charge is -2.20. The minimum Gasteiger partial charge on any atom is -0.379 e. The average Bonchev–Trinajstić information content (AvgIpc) is 2.63. The Morgan fingerprint density at radius 2 is 2.31 bits per heavy atom. The molecule has 1 saturated heterocycles. The third-order valence-corrected chi connectivity index (χ3v) is 2.40. The van der Waals surface area contributed by atoms with Crippen LogP contribution in [0, 0.1) is 0 Å². The summed E-state index contributed by atoms with van der Waals surface area (Å²) in [6.45, 7) is 2.79. The minimum atomic E-state index is -0.196. The van der Waals surface area contributed by atoms with Gasteiger partial charge in [-0.1, -0.05) is 0 Å². The first kappa shape index (κ1) is 8.44. The van der Waals surface area contributed by atoms with Crippen molar-refractivity contribution in [3.05, 3.63) is 11.6 Å². The molecular formula is C9H11NO3. The van der Waals surface area contributed by atoms with Crippen molar-refractivity contribution in [2.45, 2.75) is 19.4 Å². The molecule has 1 unspecified atom stereocenters. The van der Waals surface area contributed by atoms with Crippen LogP contribution in [0.15, 0.2) is 11.6 Å². The third-order valence-electron chi connectivity index (χ3n) is 2.40. The number of carbonyl (C=O) groups is 2. The van der Waals surface area contributed by atoms with E-state index in [0.717, 1.165) is 6.42 Å². The predicted molar refractivity (Wildman–Crippen MR) is 44.8 cm³/mol. The molecule has 0 aliphatic carbocycles. The highest BCUT2D eigenvalue weighted by Crippen LogP contribution is 2.20. The number of carbonyl (C=O) groups excluding carboxylic acids is 2. The topological polar surface area (TPSA) is 46.6 Å². The van der Waals surface area contributed by atoms with Gasteiger partial charge in [-0.25, -0.2) is 0 Å². The predicted octanol–water partition coefficient (Wildman–Crippen LogP) is 0.0904. The van der Waals surface area contributed by atoms with Crippen LogP contribution in [0.25, 0.3) is 0 Å². The average molecular weight is 181 g/mol. The van der Waals surface area contributed by atoms with Crippen molar-refractivity contribution in [2.24, 2.45) is 0 Å². The molecule has 13 heavy (non-hydrogen) atoms. The van der Waals surface area contributed by atoms with E-state index in [1.54, 1.807) is 6.92 Å². The summed E-state index contributed by atoms with van der Waals surface area (Å²) in [5.41, 5.74) is 0.525. The van der Waals surface area contributed by atoms with Crippen LogP contribution >= 0.6 is 0 Å². The van der Waals surface area contributed by atoms with Gasteiger partial charge in [-0.3, -0.25) is 14.5 Å². The zero-order valence-corrected chi connectivity index (χ0v) is 7.45. The summed E-state index contributed by atoms with van der Waals surface area (Å²) < 4.78 is 5.13. The summed E-state index contributed by atoms with van der Waals surface area (Å²) in [5, 5.41) is 0. The van der Waals surface area contributed by atoms with Gasteiger partial charge in [0.05, 0.1) is 12.6 Å². The molecule has 2 heterocycles. The lowest BCUT2D eigenvalue weighted by molar-refractivity contribution is -0.139. The fourth-order valence-corrected chi connectivity index (χ4v) is 1.68. The first-order valence-electron chi connectivity index (χ1n) is 4.33. The van der Waals surface area contributed by atoms with Crippen molar-refractivity contribution >= 4 is 11.8 Å². The van der Waals surface area contributed by atoms with Crippen molar-refractivity contribution in [3.8, 4) is 0 Å². The van der Waals surface area contributed by atoms with Gasteiger partial charge in [0.25, 0.3) is 11.8 Å². The Hall–Kier alpha value is -1.16. The van der Waals surface area contributed by atoms with Crippen LogP contribution < -0.4 is 0 Å². The van der Waals surface area contributed by atoms with E-state index in [4.69, 9.17) is 4.74 Å².